The molecule has 0 saturated heterocycles. The van der Waals surface area contributed by atoms with E-state index in [4.69, 9.17) is 0 Å². The zero-order chi connectivity index (χ0) is 15.5. The van der Waals surface area contributed by atoms with Crippen LogP contribution in [-0.4, -0.2) is 30.5 Å². The highest BCUT2D eigenvalue weighted by Gasteiger charge is 2.15. The van der Waals surface area contributed by atoms with E-state index < -0.39 is 0 Å². The summed E-state index contributed by atoms with van der Waals surface area (Å²) < 4.78 is 1.33. The van der Waals surface area contributed by atoms with Crippen LogP contribution in [0, 0.1) is 0 Å². The molecule has 0 aliphatic rings. The van der Waals surface area contributed by atoms with Gasteiger partial charge in [-0.15, -0.1) is 11.3 Å². The van der Waals surface area contributed by atoms with Crippen LogP contribution in [0.3, 0.4) is 0 Å². The normalized spacial score (nSPS) is 11.2. The number of thiophene rings is 1. The van der Waals surface area contributed by atoms with Crippen LogP contribution in [0.15, 0.2) is 55.4 Å². The predicted octanol–water partition coefficient (Wildman–Crippen LogP) is 4.46. The van der Waals surface area contributed by atoms with Crippen molar-refractivity contribution in [2.45, 2.75) is 6.42 Å². The number of likely N-dealkylation sites (N-methyl/N-ethyl adjacent to an activating group) is 1. The highest BCUT2D eigenvalue weighted by Crippen LogP contribution is 2.38. The summed E-state index contributed by atoms with van der Waals surface area (Å²) in [6, 6.07) is 12.6. The van der Waals surface area contributed by atoms with Crippen molar-refractivity contribution in [1.29, 1.82) is 0 Å². The molecule has 2 nitrogen and oxygen atoms in total. The number of rotatable bonds is 5. The lowest BCUT2D eigenvalue weighted by Gasteiger charge is -2.11. The van der Waals surface area contributed by atoms with E-state index in [1.807, 2.05) is 23.6 Å². The number of aromatic nitrogens is 1. The summed E-state index contributed by atoms with van der Waals surface area (Å²) in [5.41, 5.74) is 3.45. The zero-order valence-electron chi connectivity index (χ0n) is 13.0. The Morgan fingerprint density at radius 3 is 2.73 bits per heavy atom. The number of hydrogen-bond donors (Lipinski definition) is 0. The van der Waals surface area contributed by atoms with Gasteiger partial charge in [0.05, 0.1) is 0 Å². The van der Waals surface area contributed by atoms with Gasteiger partial charge in [0.2, 0.25) is 0 Å². The molecule has 2 aromatic heterocycles. The van der Waals surface area contributed by atoms with Gasteiger partial charge in [0.1, 0.15) is 0 Å². The Morgan fingerprint density at radius 2 is 2.00 bits per heavy atom. The molecule has 112 valence electrons. The highest BCUT2D eigenvalue weighted by molar-refractivity contribution is 7.19. The van der Waals surface area contributed by atoms with E-state index >= 15 is 0 Å². The highest BCUT2D eigenvalue weighted by atomic mass is 32.1. The molecule has 0 amide bonds. The molecule has 0 saturated carbocycles. The molecule has 0 bridgehead atoms. The van der Waals surface area contributed by atoms with Crippen molar-refractivity contribution in [3.05, 3.63) is 71.4 Å². The van der Waals surface area contributed by atoms with Gasteiger partial charge in [-0.3, -0.25) is 4.98 Å². The number of fused-ring (bicyclic) bond motifs is 1. The maximum absolute atomic E-state index is 4.36. The molecule has 0 fully saturated rings. The van der Waals surface area contributed by atoms with E-state index in [0.29, 0.717) is 0 Å². The van der Waals surface area contributed by atoms with Crippen molar-refractivity contribution < 1.29 is 0 Å². The van der Waals surface area contributed by atoms with Crippen molar-refractivity contribution in [3.8, 4) is 0 Å². The number of nitrogens with zero attached hydrogens (tertiary/aromatic N) is 2. The first-order valence-corrected chi connectivity index (χ1v) is 8.23. The van der Waals surface area contributed by atoms with Gasteiger partial charge in [0, 0.05) is 45.0 Å². The summed E-state index contributed by atoms with van der Waals surface area (Å²) >= 11 is 1.88. The Labute approximate surface area is 135 Å². The van der Waals surface area contributed by atoms with Gasteiger partial charge in [-0.2, -0.15) is 0 Å². The monoisotopic (exact) mass is 308 g/mol. The average Bonchev–Trinajstić information content (AvgIpc) is 2.91. The Kier molecular flexibility index (Phi) is 4.36. The van der Waals surface area contributed by atoms with Crippen molar-refractivity contribution in [2.24, 2.45) is 0 Å². The minimum absolute atomic E-state index is 1.04. The average molecular weight is 308 g/mol. The van der Waals surface area contributed by atoms with Gasteiger partial charge in [0.25, 0.3) is 0 Å². The largest absolute Gasteiger partial charge is 0.309 e. The van der Waals surface area contributed by atoms with E-state index in [-0.39, 0.29) is 0 Å². The molecule has 0 atom stereocenters. The number of pyridine rings is 1. The van der Waals surface area contributed by atoms with Gasteiger partial charge < -0.3 is 4.90 Å². The third-order valence-electron chi connectivity index (χ3n) is 3.77. The second-order valence-corrected chi connectivity index (χ2v) is 6.81. The van der Waals surface area contributed by atoms with Crippen LogP contribution in [0.2, 0.25) is 0 Å². The van der Waals surface area contributed by atoms with Crippen LogP contribution in [0.5, 0.6) is 0 Å². The van der Waals surface area contributed by atoms with Crippen LogP contribution in [-0.2, 0) is 6.42 Å². The first-order valence-electron chi connectivity index (χ1n) is 7.41. The van der Waals surface area contributed by atoms with Gasteiger partial charge in [0.15, 0.2) is 0 Å². The Bertz CT molecular complexity index is 788. The lowest BCUT2D eigenvalue weighted by Crippen LogP contribution is -2.15. The van der Waals surface area contributed by atoms with Crippen molar-refractivity contribution in [1.82, 2.24) is 9.88 Å². The fourth-order valence-corrected chi connectivity index (χ4v) is 3.83. The third-order valence-corrected chi connectivity index (χ3v) is 5.00. The third kappa shape index (κ3) is 2.96. The first kappa shape index (κ1) is 14.9. The molecule has 22 heavy (non-hydrogen) atoms. The van der Waals surface area contributed by atoms with Crippen molar-refractivity contribution in [2.75, 3.05) is 20.6 Å². The molecule has 3 heteroatoms. The molecule has 3 aromatic rings. The van der Waals surface area contributed by atoms with Crippen LogP contribution in [0.4, 0.5) is 0 Å². The second-order valence-electron chi connectivity index (χ2n) is 5.67. The molecular weight excluding hydrogens is 288 g/mol. The van der Waals surface area contributed by atoms with E-state index in [1.54, 1.807) is 6.20 Å². The van der Waals surface area contributed by atoms with Crippen molar-refractivity contribution in [3.63, 3.8) is 0 Å². The minimum Gasteiger partial charge on any atom is -0.309 e. The summed E-state index contributed by atoms with van der Waals surface area (Å²) in [7, 11) is 4.23. The van der Waals surface area contributed by atoms with Gasteiger partial charge >= 0.3 is 0 Å². The first-order chi connectivity index (χ1) is 10.7. The molecule has 2 heterocycles. The van der Waals surface area contributed by atoms with Crippen LogP contribution < -0.4 is 0 Å². The Hall–Kier alpha value is -1.97. The van der Waals surface area contributed by atoms with E-state index in [9.17, 15) is 0 Å². The molecular formula is C19H20N2S. The van der Waals surface area contributed by atoms with Crippen LogP contribution >= 0.6 is 11.3 Å². The van der Waals surface area contributed by atoms with Gasteiger partial charge in [-0.05, 0) is 38.2 Å². The van der Waals surface area contributed by atoms with Gasteiger partial charge in [-0.25, -0.2) is 0 Å². The van der Waals surface area contributed by atoms with Crippen molar-refractivity contribution >= 4 is 27.0 Å². The Morgan fingerprint density at radius 1 is 1.18 bits per heavy atom. The molecule has 0 radical (unpaired) electrons. The second kappa shape index (κ2) is 6.42. The predicted molar refractivity (Wildman–Crippen MR) is 96.5 cm³/mol. The van der Waals surface area contributed by atoms with Gasteiger partial charge in [-0.1, -0.05) is 30.8 Å². The standard InChI is InChI=1S/C19H20N2S/c1-14(15-7-6-11-20-13-15)19-16-8-4-5-9-17(16)22-18(19)10-12-21(2)3/h4-9,11,13H,1,10,12H2,2-3H3. The molecule has 0 aliphatic carbocycles. The van der Waals surface area contributed by atoms with E-state index in [1.165, 1.54) is 20.5 Å². The summed E-state index contributed by atoms with van der Waals surface area (Å²) in [5, 5.41) is 1.30. The fourth-order valence-electron chi connectivity index (χ4n) is 2.61. The molecule has 1 aromatic carbocycles. The van der Waals surface area contributed by atoms with E-state index in [2.05, 4.69) is 60.9 Å². The number of hydrogen-bond acceptors (Lipinski definition) is 3. The molecule has 0 unspecified atom stereocenters. The van der Waals surface area contributed by atoms with Crippen LogP contribution in [0.25, 0.3) is 15.7 Å². The maximum Gasteiger partial charge on any atom is 0.0352 e. The smallest absolute Gasteiger partial charge is 0.0352 e. The fraction of sp³-hybridized carbons (Fsp3) is 0.211. The summed E-state index contributed by atoms with van der Waals surface area (Å²) in [6.45, 7) is 5.40. The summed E-state index contributed by atoms with van der Waals surface area (Å²) in [4.78, 5) is 7.86. The van der Waals surface area contributed by atoms with Crippen LogP contribution in [0.1, 0.15) is 16.0 Å². The molecule has 0 aliphatic heterocycles. The zero-order valence-corrected chi connectivity index (χ0v) is 13.9. The number of benzene rings is 1. The topological polar surface area (TPSA) is 16.1 Å². The lowest BCUT2D eigenvalue weighted by atomic mass is 9.97. The maximum atomic E-state index is 4.36. The Balaban J connectivity index is 2.09. The van der Waals surface area contributed by atoms with E-state index in [0.717, 1.165) is 24.1 Å². The minimum atomic E-state index is 1.04. The SMILES string of the molecule is C=C(c1cccnc1)c1c(CCN(C)C)sc2ccccc12. The molecule has 3 rings (SSSR count). The lowest BCUT2D eigenvalue weighted by molar-refractivity contribution is 0.415. The molecule has 0 spiro atoms. The quantitative estimate of drug-likeness (QED) is 0.691. The summed E-state index contributed by atoms with van der Waals surface area (Å²) in [6.07, 6.45) is 4.74. The summed E-state index contributed by atoms with van der Waals surface area (Å²) in [5.74, 6) is 0. The molecule has 0 N–H and O–H groups in total.